The molecule has 1 heterocycles. The van der Waals surface area contributed by atoms with Gasteiger partial charge >= 0.3 is 6.18 Å². The van der Waals surface area contributed by atoms with Gasteiger partial charge in [-0.25, -0.2) is 4.98 Å². The summed E-state index contributed by atoms with van der Waals surface area (Å²) in [5.41, 5.74) is 5.25. The summed E-state index contributed by atoms with van der Waals surface area (Å²) in [6.45, 7) is -0.281. The number of nitrogen functional groups attached to an aromatic ring is 1. The minimum atomic E-state index is -4.20. The second-order valence-electron chi connectivity index (χ2n) is 2.73. The van der Waals surface area contributed by atoms with Crippen LogP contribution in [0.4, 0.5) is 24.9 Å². The molecule has 1 aromatic rings. The third-order valence-corrected chi connectivity index (χ3v) is 1.62. The van der Waals surface area contributed by atoms with Gasteiger partial charge in [0.2, 0.25) is 5.95 Å². The minimum Gasteiger partial charge on any atom is -0.370 e. The highest BCUT2D eigenvalue weighted by molar-refractivity contribution is 6.29. The van der Waals surface area contributed by atoms with Crippen molar-refractivity contribution in [1.29, 1.82) is 0 Å². The van der Waals surface area contributed by atoms with Crippen molar-refractivity contribution in [2.45, 2.75) is 12.6 Å². The lowest BCUT2D eigenvalue weighted by molar-refractivity contribution is -0.131. The van der Waals surface area contributed by atoms with E-state index in [-0.39, 0.29) is 23.5 Å². The Kier molecular flexibility index (Phi) is 3.57. The van der Waals surface area contributed by atoms with Crippen molar-refractivity contribution >= 4 is 23.4 Å². The van der Waals surface area contributed by atoms with Crippen molar-refractivity contribution in [3.8, 4) is 0 Å². The number of nitrogens with zero attached hydrogens (tertiary/aromatic N) is 2. The van der Waals surface area contributed by atoms with Gasteiger partial charge in [-0.15, -0.1) is 0 Å². The number of aromatic nitrogens is 2. The lowest BCUT2D eigenvalue weighted by Crippen LogP contribution is -2.15. The average molecular weight is 241 g/mol. The van der Waals surface area contributed by atoms with Gasteiger partial charge < -0.3 is 11.1 Å². The molecule has 0 atom stereocenters. The van der Waals surface area contributed by atoms with Gasteiger partial charge in [-0.3, -0.25) is 0 Å². The van der Waals surface area contributed by atoms with Crippen LogP contribution in [0.5, 0.6) is 0 Å². The molecule has 15 heavy (non-hydrogen) atoms. The highest BCUT2D eigenvalue weighted by Crippen LogP contribution is 2.19. The van der Waals surface area contributed by atoms with E-state index in [0.717, 1.165) is 0 Å². The van der Waals surface area contributed by atoms with E-state index < -0.39 is 12.6 Å². The van der Waals surface area contributed by atoms with E-state index in [1.54, 1.807) is 0 Å². The summed E-state index contributed by atoms with van der Waals surface area (Å²) < 4.78 is 35.4. The smallest absolute Gasteiger partial charge is 0.370 e. The summed E-state index contributed by atoms with van der Waals surface area (Å²) in [6, 6.07) is 1.30. The Labute approximate surface area is 88.7 Å². The molecule has 8 heteroatoms. The van der Waals surface area contributed by atoms with Crippen molar-refractivity contribution in [3.05, 3.63) is 11.2 Å². The van der Waals surface area contributed by atoms with Crippen LogP contribution in [0.1, 0.15) is 6.42 Å². The molecule has 0 aromatic carbocycles. The molecule has 0 unspecified atom stereocenters. The topological polar surface area (TPSA) is 63.8 Å². The zero-order valence-electron chi connectivity index (χ0n) is 7.48. The Morgan fingerprint density at radius 1 is 1.40 bits per heavy atom. The highest BCUT2D eigenvalue weighted by atomic mass is 35.5. The quantitative estimate of drug-likeness (QED) is 0.794. The van der Waals surface area contributed by atoms with Gasteiger partial charge in [0.05, 0.1) is 6.42 Å². The van der Waals surface area contributed by atoms with Crippen molar-refractivity contribution in [2.75, 3.05) is 17.6 Å². The molecule has 0 radical (unpaired) electrons. The Balaban J connectivity index is 2.51. The maximum Gasteiger partial charge on any atom is 0.390 e. The monoisotopic (exact) mass is 240 g/mol. The van der Waals surface area contributed by atoms with Crippen LogP contribution in [-0.4, -0.2) is 22.7 Å². The van der Waals surface area contributed by atoms with Crippen LogP contribution in [0.3, 0.4) is 0 Å². The Bertz CT molecular complexity index is 321. The first-order chi connectivity index (χ1) is 6.87. The summed E-state index contributed by atoms with van der Waals surface area (Å²) in [4.78, 5) is 7.22. The number of nitrogens with two attached hydrogens (primary N) is 1. The zero-order chi connectivity index (χ0) is 11.5. The van der Waals surface area contributed by atoms with E-state index in [1.165, 1.54) is 6.07 Å². The van der Waals surface area contributed by atoms with Gasteiger partial charge in [-0.2, -0.15) is 18.2 Å². The Morgan fingerprint density at radius 2 is 2.07 bits per heavy atom. The third kappa shape index (κ3) is 4.68. The molecule has 0 amide bonds. The molecule has 0 saturated carbocycles. The maximum absolute atomic E-state index is 11.8. The summed E-state index contributed by atoms with van der Waals surface area (Å²) in [5, 5.41) is 2.53. The molecule has 0 bridgehead atoms. The molecule has 0 aliphatic rings. The molecular weight excluding hydrogens is 233 g/mol. The van der Waals surface area contributed by atoms with Gasteiger partial charge in [0.25, 0.3) is 0 Å². The molecule has 0 fully saturated rings. The number of hydrogen-bond donors (Lipinski definition) is 2. The van der Waals surface area contributed by atoms with Crippen LogP contribution < -0.4 is 11.1 Å². The predicted molar refractivity (Wildman–Crippen MR) is 50.6 cm³/mol. The van der Waals surface area contributed by atoms with Crippen LogP contribution in [0, 0.1) is 0 Å². The molecule has 4 nitrogen and oxygen atoms in total. The van der Waals surface area contributed by atoms with Gasteiger partial charge in [-0.05, 0) is 0 Å². The van der Waals surface area contributed by atoms with Crippen LogP contribution >= 0.6 is 11.6 Å². The van der Waals surface area contributed by atoms with Gasteiger partial charge in [0.15, 0.2) is 0 Å². The second kappa shape index (κ2) is 4.52. The summed E-state index contributed by atoms with van der Waals surface area (Å²) in [5.74, 6) is 0.0914. The first-order valence-corrected chi connectivity index (χ1v) is 4.35. The summed E-state index contributed by atoms with van der Waals surface area (Å²) in [7, 11) is 0. The normalized spacial score (nSPS) is 11.5. The first-order valence-electron chi connectivity index (χ1n) is 3.97. The zero-order valence-corrected chi connectivity index (χ0v) is 8.23. The summed E-state index contributed by atoms with van der Waals surface area (Å²) in [6.07, 6.45) is -5.15. The van der Waals surface area contributed by atoms with Crippen LogP contribution in [0.25, 0.3) is 0 Å². The molecule has 1 aromatic heterocycles. The van der Waals surface area contributed by atoms with Crippen molar-refractivity contribution in [3.63, 3.8) is 0 Å². The Hall–Kier alpha value is -1.24. The van der Waals surface area contributed by atoms with Crippen molar-refractivity contribution in [1.82, 2.24) is 9.97 Å². The van der Waals surface area contributed by atoms with Crippen molar-refractivity contribution in [2.24, 2.45) is 0 Å². The van der Waals surface area contributed by atoms with E-state index in [4.69, 9.17) is 17.3 Å². The highest BCUT2D eigenvalue weighted by Gasteiger charge is 2.26. The largest absolute Gasteiger partial charge is 0.390 e. The molecule has 3 N–H and O–H groups in total. The SMILES string of the molecule is Nc1nc(Cl)cc(NCCC(F)(F)F)n1. The molecule has 1 rings (SSSR count). The lowest BCUT2D eigenvalue weighted by atomic mass is 10.4. The van der Waals surface area contributed by atoms with E-state index in [1.807, 2.05) is 0 Å². The van der Waals surface area contributed by atoms with Crippen LogP contribution in [-0.2, 0) is 0 Å². The number of halogens is 4. The molecular formula is C7H8ClF3N4. The van der Waals surface area contributed by atoms with E-state index in [9.17, 15) is 13.2 Å². The van der Waals surface area contributed by atoms with Gasteiger partial charge in [-0.1, -0.05) is 11.6 Å². The first kappa shape index (κ1) is 11.8. The van der Waals surface area contributed by atoms with Gasteiger partial charge in [0, 0.05) is 12.6 Å². The molecule has 84 valence electrons. The standard InChI is InChI=1S/C7H8ClF3N4/c8-4-3-5(15-6(12)14-4)13-2-1-7(9,10)11/h3H,1-2H2,(H3,12,13,14,15). The van der Waals surface area contributed by atoms with E-state index in [2.05, 4.69) is 15.3 Å². The number of anilines is 2. The fourth-order valence-corrected chi connectivity index (χ4v) is 1.05. The maximum atomic E-state index is 11.8. The summed E-state index contributed by atoms with van der Waals surface area (Å²) >= 11 is 5.53. The fourth-order valence-electron chi connectivity index (χ4n) is 0.858. The number of nitrogens with one attached hydrogen (secondary N) is 1. The van der Waals surface area contributed by atoms with Crippen LogP contribution in [0.2, 0.25) is 5.15 Å². The molecule has 0 saturated heterocycles. The van der Waals surface area contributed by atoms with Gasteiger partial charge in [0.1, 0.15) is 11.0 Å². The molecule has 0 aliphatic heterocycles. The average Bonchev–Trinajstić information content (AvgIpc) is 1.99. The fraction of sp³-hybridized carbons (Fsp3) is 0.429. The predicted octanol–water partition coefficient (Wildman–Crippen LogP) is 2.08. The lowest BCUT2D eigenvalue weighted by Gasteiger charge is -2.08. The minimum absolute atomic E-state index is 0.0806. The van der Waals surface area contributed by atoms with E-state index >= 15 is 0 Å². The van der Waals surface area contributed by atoms with Crippen LogP contribution in [0.15, 0.2) is 6.07 Å². The molecule has 0 aliphatic carbocycles. The third-order valence-electron chi connectivity index (χ3n) is 1.43. The Morgan fingerprint density at radius 3 is 2.60 bits per heavy atom. The van der Waals surface area contributed by atoms with Crippen molar-refractivity contribution < 1.29 is 13.2 Å². The second-order valence-corrected chi connectivity index (χ2v) is 3.11. The molecule has 0 spiro atoms. The number of rotatable bonds is 3. The van der Waals surface area contributed by atoms with E-state index in [0.29, 0.717) is 0 Å². The number of hydrogen-bond acceptors (Lipinski definition) is 4. The number of alkyl halides is 3.